The van der Waals surface area contributed by atoms with Gasteiger partial charge in [-0.2, -0.15) is 0 Å². The van der Waals surface area contributed by atoms with E-state index >= 15 is 0 Å². The van der Waals surface area contributed by atoms with Gasteiger partial charge in [0.1, 0.15) is 0 Å². The minimum Gasteiger partial charge on any atom is -0.208 e. The fraction of sp³-hybridized carbons (Fsp3) is 0. The molecule has 0 spiro atoms. The molecule has 0 amide bonds. The second kappa shape index (κ2) is 10.5. The number of benzene rings is 7. The summed E-state index contributed by atoms with van der Waals surface area (Å²) in [5.74, 6) is 1.85. The number of fused-ring (bicyclic) bond motifs is 3. The largest absolute Gasteiger partial charge is 0.208 e. The van der Waals surface area contributed by atoms with E-state index in [0.29, 0.717) is 22.5 Å². The Hall–Kier alpha value is -5.38. The van der Waals surface area contributed by atoms with Crippen LogP contribution in [0.3, 0.4) is 0 Å². The van der Waals surface area contributed by atoms with Crippen molar-refractivity contribution in [1.82, 2.24) is 15.0 Å². The number of hydrogen-bond donors (Lipinski definition) is 0. The first kappa shape index (κ1) is 25.3. The van der Waals surface area contributed by atoms with E-state index in [4.69, 9.17) is 26.6 Å². The molecule has 0 unspecified atom stereocenters. The smallest absolute Gasteiger partial charge is 0.165 e. The van der Waals surface area contributed by atoms with E-state index in [2.05, 4.69) is 103 Å². The maximum absolute atomic E-state index is 6.98. The molecule has 0 atom stereocenters. The van der Waals surface area contributed by atoms with Gasteiger partial charge in [0.15, 0.2) is 17.5 Å². The Kier molecular flexibility index (Phi) is 6.17. The average molecular weight is 570 g/mol. The average Bonchev–Trinajstić information content (AvgIpc) is 3.08. The zero-order chi connectivity index (χ0) is 28.8. The molecule has 8 rings (SSSR count). The summed E-state index contributed by atoms with van der Waals surface area (Å²) in [5, 5.41) is 7.25. The van der Waals surface area contributed by atoms with Crippen LogP contribution >= 0.6 is 11.6 Å². The van der Waals surface area contributed by atoms with Crippen LogP contribution in [-0.2, 0) is 0 Å². The summed E-state index contributed by atoms with van der Waals surface area (Å²) >= 11 is 6.98. The van der Waals surface area contributed by atoms with E-state index in [1.54, 1.807) is 0 Å². The third kappa shape index (κ3) is 4.51. The highest BCUT2D eigenvalue weighted by Crippen LogP contribution is 2.43. The first-order valence-electron chi connectivity index (χ1n) is 14.2. The van der Waals surface area contributed by atoms with Crippen LogP contribution in [0.15, 0.2) is 146 Å². The number of nitrogens with zero attached hydrogens (tertiary/aromatic N) is 3. The van der Waals surface area contributed by atoms with Gasteiger partial charge >= 0.3 is 0 Å². The molecule has 0 saturated heterocycles. The monoisotopic (exact) mass is 569 g/mol. The molecule has 1 aromatic heterocycles. The Morgan fingerprint density at radius 1 is 0.372 bits per heavy atom. The van der Waals surface area contributed by atoms with Gasteiger partial charge in [0.2, 0.25) is 0 Å². The predicted octanol–water partition coefficient (Wildman–Crippen LogP) is 10.7. The molecular formula is C39H24ClN3. The molecule has 0 aliphatic rings. The highest BCUT2D eigenvalue weighted by atomic mass is 35.5. The van der Waals surface area contributed by atoms with E-state index < -0.39 is 0 Å². The number of hydrogen-bond acceptors (Lipinski definition) is 3. The van der Waals surface area contributed by atoms with Gasteiger partial charge in [-0.25, -0.2) is 15.0 Å². The zero-order valence-electron chi connectivity index (χ0n) is 23.1. The third-order valence-electron chi connectivity index (χ3n) is 7.97. The van der Waals surface area contributed by atoms with Crippen molar-refractivity contribution in [3.8, 4) is 45.3 Å². The lowest BCUT2D eigenvalue weighted by molar-refractivity contribution is 1.08. The van der Waals surface area contributed by atoms with Crippen LogP contribution in [0.4, 0.5) is 0 Å². The van der Waals surface area contributed by atoms with E-state index in [1.165, 1.54) is 5.39 Å². The molecule has 1 heterocycles. The van der Waals surface area contributed by atoms with Crippen LogP contribution in [-0.4, -0.2) is 15.0 Å². The molecule has 0 bridgehead atoms. The quantitative estimate of drug-likeness (QED) is 0.211. The van der Waals surface area contributed by atoms with Crippen LogP contribution < -0.4 is 0 Å². The molecule has 4 heteroatoms. The van der Waals surface area contributed by atoms with Crippen LogP contribution in [0.25, 0.3) is 77.6 Å². The lowest BCUT2D eigenvalue weighted by Crippen LogP contribution is -2.02. The molecule has 0 saturated carbocycles. The van der Waals surface area contributed by atoms with Gasteiger partial charge in [0, 0.05) is 27.1 Å². The van der Waals surface area contributed by atoms with E-state index in [-0.39, 0.29) is 0 Å². The van der Waals surface area contributed by atoms with Crippen molar-refractivity contribution >= 4 is 43.9 Å². The zero-order valence-corrected chi connectivity index (χ0v) is 23.8. The molecule has 0 fully saturated rings. The molecular weight excluding hydrogens is 546 g/mol. The minimum atomic E-state index is 0.604. The Morgan fingerprint density at radius 3 is 1.79 bits per heavy atom. The molecule has 202 valence electrons. The van der Waals surface area contributed by atoms with Crippen LogP contribution in [0.5, 0.6) is 0 Å². The van der Waals surface area contributed by atoms with Crippen molar-refractivity contribution < 1.29 is 0 Å². The summed E-state index contributed by atoms with van der Waals surface area (Å²) in [7, 11) is 0. The van der Waals surface area contributed by atoms with E-state index in [1.807, 2.05) is 42.5 Å². The fourth-order valence-corrected chi connectivity index (χ4v) is 6.18. The van der Waals surface area contributed by atoms with Gasteiger partial charge in [0.25, 0.3) is 0 Å². The Balaban J connectivity index is 1.47. The summed E-state index contributed by atoms with van der Waals surface area (Å²) < 4.78 is 0. The number of rotatable bonds is 4. The lowest BCUT2D eigenvalue weighted by atomic mass is 9.90. The van der Waals surface area contributed by atoms with Crippen molar-refractivity contribution in [3.05, 3.63) is 151 Å². The molecule has 0 radical (unpaired) electrons. The lowest BCUT2D eigenvalue weighted by Gasteiger charge is -2.17. The van der Waals surface area contributed by atoms with Crippen molar-refractivity contribution in [2.45, 2.75) is 0 Å². The molecule has 3 nitrogen and oxygen atoms in total. The van der Waals surface area contributed by atoms with Crippen molar-refractivity contribution in [1.29, 1.82) is 0 Å². The normalized spacial score (nSPS) is 11.4. The highest BCUT2D eigenvalue weighted by Gasteiger charge is 2.21. The minimum absolute atomic E-state index is 0.604. The van der Waals surface area contributed by atoms with Crippen LogP contribution in [0, 0.1) is 0 Å². The third-order valence-corrected chi connectivity index (χ3v) is 8.29. The van der Waals surface area contributed by atoms with E-state index in [0.717, 1.165) is 54.7 Å². The topological polar surface area (TPSA) is 38.7 Å². The highest BCUT2D eigenvalue weighted by molar-refractivity contribution is 6.37. The Morgan fingerprint density at radius 2 is 0.977 bits per heavy atom. The molecule has 0 aliphatic heterocycles. The van der Waals surface area contributed by atoms with Gasteiger partial charge in [-0.15, -0.1) is 0 Å². The second-order valence-electron chi connectivity index (χ2n) is 10.6. The fourth-order valence-electron chi connectivity index (χ4n) is 5.91. The summed E-state index contributed by atoms with van der Waals surface area (Å²) in [4.78, 5) is 15.3. The van der Waals surface area contributed by atoms with Crippen molar-refractivity contribution in [3.63, 3.8) is 0 Å². The van der Waals surface area contributed by atoms with Gasteiger partial charge in [-0.3, -0.25) is 0 Å². The maximum Gasteiger partial charge on any atom is 0.165 e. The molecule has 0 N–H and O–H groups in total. The standard InChI is InChI=1S/C39H24ClN3/c40-35-24-34(31-20-10-16-26-12-6-7-17-30(26)31)36(33-19-9-8-18-32(33)35)39-42-37(27-13-2-1-3-14-27)41-38(43-39)29-22-21-25-11-4-5-15-28(25)23-29/h1-24H. The maximum atomic E-state index is 6.98. The van der Waals surface area contributed by atoms with Gasteiger partial charge in [-0.05, 0) is 50.2 Å². The van der Waals surface area contributed by atoms with Crippen LogP contribution in [0.2, 0.25) is 5.02 Å². The molecule has 8 aromatic rings. The summed E-state index contributed by atoms with van der Waals surface area (Å²) in [5.41, 5.74) is 4.85. The first-order chi connectivity index (χ1) is 21.2. The van der Waals surface area contributed by atoms with Gasteiger partial charge < -0.3 is 0 Å². The Bertz CT molecular complexity index is 2310. The van der Waals surface area contributed by atoms with Gasteiger partial charge in [0.05, 0.1) is 0 Å². The molecule has 7 aromatic carbocycles. The predicted molar refractivity (Wildman–Crippen MR) is 179 cm³/mol. The van der Waals surface area contributed by atoms with E-state index in [9.17, 15) is 0 Å². The Labute approximate surface area is 254 Å². The van der Waals surface area contributed by atoms with Crippen molar-refractivity contribution in [2.24, 2.45) is 0 Å². The van der Waals surface area contributed by atoms with Crippen molar-refractivity contribution in [2.75, 3.05) is 0 Å². The van der Waals surface area contributed by atoms with Gasteiger partial charge in [-0.1, -0.05) is 145 Å². The second-order valence-corrected chi connectivity index (χ2v) is 11.0. The summed E-state index contributed by atoms with van der Waals surface area (Å²) in [6.45, 7) is 0. The van der Waals surface area contributed by atoms with Crippen LogP contribution in [0.1, 0.15) is 0 Å². The first-order valence-corrected chi connectivity index (χ1v) is 14.6. The molecule has 0 aliphatic carbocycles. The number of aromatic nitrogens is 3. The SMILES string of the molecule is Clc1cc(-c2cccc3ccccc23)c(-c2nc(-c3ccccc3)nc(-c3ccc4ccccc4c3)n2)c2ccccc12. The summed E-state index contributed by atoms with van der Waals surface area (Å²) in [6.07, 6.45) is 0. The number of halogens is 1. The molecule has 43 heavy (non-hydrogen) atoms. The summed E-state index contributed by atoms with van der Waals surface area (Å²) in [6, 6.07) is 49.8.